The number of nitrogens with two attached hydrogens (primary N) is 1. The maximum absolute atomic E-state index is 9.77. The van der Waals surface area contributed by atoms with Gasteiger partial charge in [-0.1, -0.05) is 25.9 Å². The predicted octanol–water partition coefficient (Wildman–Crippen LogP) is 1.29. The van der Waals surface area contributed by atoms with E-state index < -0.39 is 5.60 Å². The number of hydrogen-bond donors (Lipinski definition) is 4. The van der Waals surface area contributed by atoms with Crippen LogP contribution in [0.25, 0.3) is 0 Å². The molecule has 0 aliphatic heterocycles. The minimum absolute atomic E-state index is 0.262. The van der Waals surface area contributed by atoms with Crippen molar-refractivity contribution in [3.63, 3.8) is 0 Å². The Kier molecular flexibility index (Phi) is 6.49. The molecule has 0 aromatic heterocycles. The van der Waals surface area contributed by atoms with Gasteiger partial charge in [0.25, 0.3) is 0 Å². The number of rotatable bonds is 8. The van der Waals surface area contributed by atoms with Crippen molar-refractivity contribution in [2.24, 2.45) is 16.3 Å². The van der Waals surface area contributed by atoms with Gasteiger partial charge in [-0.15, -0.1) is 0 Å². The van der Waals surface area contributed by atoms with Gasteiger partial charge in [-0.25, -0.2) is 0 Å². The fraction of sp³-hybridized carbons (Fsp3) is 0.917. The third-order valence-electron chi connectivity index (χ3n) is 3.22. The molecule has 5 N–H and O–H groups in total. The molecule has 0 aromatic carbocycles. The molecule has 0 amide bonds. The minimum atomic E-state index is -0.638. The van der Waals surface area contributed by atoms with Crippen molar-refractivity contribution in [1.82, 2.24) is 5.32 Å². The first-order chi connectivity index (χ1) is 7.75. The van der Waals surface area contributed by atoms with E-state index in [4.69, 9.17) is 10.9 Å². The molecular weight excluding hydrogens is 218 g/mol. The highest BCUT2D eigenvalue weighted by Gasteiger charge is 2.23. The quantitative estimate of drug-likeness (QED) is 0.170. The van der Waals surface area contributed by atoms with Gasteiger partial charge in [-0.2, -0.15) is 0 Å². The van der Waals surface area contributed by atoms with Crippen molar-refractivity contribution in [2.75, 3.05) is 13.1 Å². The van der Waals surface area contributed by atoms with E-state index in [0.29, 0.717) is 6.54 Å². The Labute approximate surface area is 104 Å². The summed E-state index contributed by atoms with van der Waals surface area (Å²) in [5.41, 5.74) is 4.67. The van der Waals surface area contributed by atoms with Crippen LogP contribution in [0.3, 0.4) is 0 Å². The summed E-state index contributed by atoms with van der Waals surface area (Å²) in [5.74, 6) is 0.262. The zero-order chi connectivity index (χ0) is 13.5. The van der Waals surface area contributed by atoms with Crippen molar-refractivity contribution in [1.29, 1.82) is 0 Å². The van der Waals surface area contributed by atoms with Crippen LogP contribution in [0.1, 0.15) is 47.0 Å². The van der Waals surface area contributed by atoms with Crippen molar-refractivity contribution < 1.29 is 10.3 Å². The lowest BCUT2D eigenvalue weighted by Crippen LogP contribution is -2.38. The molecule has 0 bridgehead atoms. The third kappa shape index (κ3) is 6.48. The summed E-state index contributed by atoms with van der Waals surface area (Å²) in [6.07, 6.45) is 2.49. The lowest BCUT2D eigenvalue weighted by atomic mass is 9.86. The summed E-state index contributed by atoms with van der Waals surface area (Å²) < 4.78 is 0. The summed E-state index contributed by atoms with van der Waals surface area (Å²) in [6, 6.07) is 0. The van der Waals surface area contributed by atoms with E-state index in [2.05, 4.69) is 10.5 Å². The van der Waals surface area contributed by atoms with E-state index in [-0.39, 0.29) is 11.3 Å². The van der Waals surface area contributed by atoms with Gasteiger partial charge in [-0.3, -0.25) is 0 Å². The number of nitrogens with zero attached hydrogens (tertiary/aromatic N) is 1. The van der Waals surface area contributed by atoms with E-state index in [1.807, 2.05) is 27.7 Å². The minimum Gasteiger partial charge on any atom is -0.409 e. The first-order valence-corrected chi connectivity index (χ1v) is 6.16. The van der Waals surface area contributed by atoms with Gasteiger partial charge in [0, 0.05) is 12.0 Å². The van der Waals surface area contributed by atoms with E-state index in [9.17, 15) is 5.11 Å². The van der Waals surface area contributed by atoms with E-state index in [1.165, 1.54) is 0 Å². The van der Waals surface area contributed by atoms with Crippen LogP contribution in [0.4, 0.5) is 0 Å². The topological polar surface area (TPSA) is 90.9 Å². The summed E-state index contributed by atoms with van der Waals surface area (Å²) >= 11 is 0. The molecule has 0 heterocycles. The molecule has 0 aliphatic rings. The normalized spacial score (nSPS) is 16.9. The smallest absolute Gasteiger partial charge is 0.144 e. The Hall–Kier alpha value is -0.810. The van der Waals surface area contributed by atoms with Gasteiger partial charge in [-0.05, 0) is 32.7 Å². The molecule has 0 aromatic rings. The van der Waals surface area contributed by atoms with Crippen LogP contribution in [0, 0.1) is 5.41 Å². The van der Waals surface area contributed by atoms with Gasteiger partial charge in [0.15, 0.2) is 0 Å². The van der Waals surface area contributed by atoms with E-state index >= 15 is 0 Å². The summed E-state index contributed by atoms with van der Waals surface area (Å²) in [7, 11) is 0. The summed E-state index contributed by atoms with van der Waals surface area (Å²) in [4.78, 5) is 0. The van der Waals surface area contributed by atoms with Crippen LogP contribution in [-0.4, -0.2) is 34.8 Å². The summed E-state index contributed by atoms with van der Waals surface area (Å²) in [6.45, 7) is 9.09. The molecule has 1 unspecified atom stereocenters. The second-order valence-corrected chi connectivity index (χ2v) is 5.50. The van der Waals surface area contributed by atoms with Gasteiger partial charge in [0.1, 0.15) is 5.84 Å². The second-order valence-electron chi connectivity index (χ2n) is 5.50. The molecule has 17 heavy (non-hydrogen) atoms. The number of nitrogens with one attached hydrogen (secondary N) is 1. The van der Waals surface area contributed by atoms with Crippen molar-refractivity contribution in [3.05, 3.63) is 0 Å². The monoisotopic (exact) mass is 245 g/mol. The lowest BCUT2D eigenvalue weighted by molar-refractivity contribution is 0.0558. The van der Waals surface area contributed by atoms with E-state index in [1.54, 1.807) is 0 Å². The standard InChI is InChI=1S/C12H27N3O2/c1-5-12(4,16)9-14-8-6-7-11(2,3)10(13)15-17/h14,16-17H,5-9H2,1-4H3,(H2,13,15). The fourth-order valence-corrected chi connectivity index (χ4v) is 1.40. The first-order valence-electron chi connectivity index (χ1n) is 6.16. The maximum atomic E-state index is 9.77. The molecular formula is C12H27N3O2. The first kappa shape index (κ1) is 16.2. The third-order valence-corrected chi connectivity index (χ3v) is 3.22. The van der Waals surface area contributed by atoms with Gasteiger partial charge < -0.3 is 21.4 Å². The highest BCUT2D eigenvalue weighted by molar-refractivity contribution is 5.85. The Morgan fingerprint density at radius 3 is 2.41 bits per heavy atom. The molecule has 5 nitrogen and oxygen atoms in total. The van der Waals surface area contributed by atoms with Crippen LogP contribution in [-0.2, 0) is 0 Å². The number of hydrogen-bond acceptors (Lipinski definition) is 4. The van der Waals surface area contributed by atoms with Crippen LogP contribution in [0.15, 0.2) is 5.16 Å². The highest BCUT2D eigenvalue weighted by atomic mass is 16.4. The lowest BCUT2D eigenvalue weighted by Gasteiger charge is -2.24. The Bertz CT molecular complexity index is 250. The molecule has 0 saturated carbocycles. The highest BCUT2D eigenvalue weighted by Crippen LogP contribution is 2.21. The average molecular weight is 245 g/mol. The number of aliphatic hydroxyl groups is 1. The predicted molar refractivity (Wildman–Crippen MR) is 70.2 cm³/mol. The van der Waals surface area contributed by atoms with Gasteiger partial charge in [0.05, 0.1) is 5.60 Å². The second kappa shape index (κ2) is 6.81. The molecule has 0 saturated heterocycles. The van der Waals surface area contributed by atoms with Crippen molar-refractivity contribution >= 4 is 5.84 Å². The Morgan fingerprint density at radius 2 is 1.94 bits per heavy atom. The SMILES string of the molecule is CCC(C)(O)CNCCCC(C)(C)C(N)=NO. The van der Waals surface area contributed by atoms with Crippen LogP contribution >= 0.6 is 0 Å². The summed E-state index contributed by atoms with van der Waals surface area (Å²) in [5, 5.41) is 24.7. The van der Waals surface area contributed by atoms with Gasteiger partial charge >= 0.3 is 0 Å². The fourth-order valence-electron chi connectivity index (χ4n) is 1.40. The maximum Gasteiger partial charge on any atom is 0.144 e. The molecule has 0 rings (SSSR count). The van der Waals surface area contributed by atoms with Crippen LogP contribution in [0.5, 0.6) is 0 Å². The Balaban J connectivity index is 3.79. The average Bonchev–Trinajstić information content (AvgIpc) is 2.27. The number of amidine groups is 1. The zero-order valence-corrected chi connectivity index (χ0v) is 11.5. The van der Waals surface area contributed by atoms with Crippen LogP contribution in [0.2, 0.25) is 0 Å². The van der Waals surface area contributed by atoms with Crippen molar-refractivity contribution in [3.8, 4) is 0 Å². The van der Waals surface area contributed by atoms with Crippen LogP contribution < -0.4 is 11.1 Å². The molecule has 1 atom stereocenters. The molecule has 0 radical (unpaired) electrons. The Morgan fingerprint density at radius 1 is 1.35 bits per heavy atom. The molecule has 0 aliphatic carbocycles. The zero-order valence-electron chi connectivity index (χ0n) is 11.5. The van der Waals surface area contributed by atoms with E-state index in [0.717, 1.165) is 25.8 Å². The molecule has 5 heteroatoms. The van der Waals surface area contributed by atoms with Crippen molar-refractivity contribution in [2.45, 2.75) is 52.6 Å². The molecule has 102 valence electrons. The molecule has 0 spiro atoms. The molecule has 0 fully saturated rings. The largest absolute Gasteiger partial charge is 0.409 e. The van der Waals surface area contributed by atoms with Gasteiger partial charge in [0.2, 0.25) is 0 Å². The number of oxime groups is 1.